The second kappa shape index (κ2) is 7.36. The number of nitrogens with zero attached hydrogens (tertiary/aromatic N) is 2. The number of hydrogen-bond donors (Lipinski definition) is 1. The highest BCUT2D eigenvalue weighted by Crippen LogP contribution is 2.18. The molecule has 0 spiro atoms. The number of piperidine rings is 1. The normalized spacial score (nSPS) is 17.2. The molecule has 1 aromatic rings. The average Bonchev–Trinajstić information content (AvgIpc) is 2.46. The van der Waals surface area contributed by atoms with Gasteiger partial charge in [-0.05, 0) is 57.4 Å². The molecule has 5 heteroatoms. The van der Waals surface area contributed by atoms with Crippen molar-refractivity contribution in [1.82, 2.24) is 10.2 Å². The zero-order valence-corrected chi connectivity index (χ0v) is 12.0. The molecule has 1 aliphatic heterocycles. The highest BCUT2D eigenvalue weighted by atomic mass is 16.6. The molecule has 0 radical (unpaired) electrons. The number of benzene rings is 1. The minimum Gasteiger partial charge on any atom is -0.313 e. The summed E-state index contributed by atoms with van der Waals surface area (Å²) < 4.78 is 0. The van der Waals surface area contributed by atoms with Crippen molar-refractivity contribution < 1.29 is 4.92 Å². The summed E-state index contributed by atoms with van der Waals surface area (Å²) in [6.45, 7) is 4.23. The minimum atomic E-state index is -0.364. The monoisotopic (exact) mass is 277 g/mol. The lowest BCUT2D eigenvalue weighted by Gasteiger charge is -2.28. The van der Waals surface area contributed by atoms with E-state index in [2.05, 4.69) is 17.3 Å². The lowest BCUT2D eigenvalue weighted by molar-refractivity contribution is -0.384. The van der Waals surface area contributed by atoms with Gasteiger partial charge in [0.25, 0.3) is 5.69 Å². The first-order valence-corrected chi connectivity index (χ1v) is 7.28. The lowest BCUT2D eigenvalue weighted by atomic mass is 9.94. The Morgan fingerprint density at radius 2 is 1.95 bits per heavy atom. The quantitative estimate of drug-likeness (QED) is 0.493. The van der Waals surface area contributed by atoms with Gasteiger partial charge in [-0.15, -0.1) is 0 Å². The van der Waals surface area contributed by atoms with Crippen molar-refractivity contribution in [2.45, 2.75) is 25.8 Å². The van der Waals surface area contributed by atoms with Crippen molar-refractivity contribution in [3.8, 4) is 0 Å². The summed E-state index contributed by atoms with van der Waals surface area (Å²) in [5.74, 6) is 0.843. The van der Waals surface area contributed by atoms with Crippen LogP contribution in [0.1, 0.15) is 24.8 Å². The van der Waals surface area contributed by atoms with Crippen LogP contribution in [0.2, 0.25) is 0 Å². The summed E-state index contributed by atoms with van der Waals surface area (Å²) in [7, 11) is 2.18. The topological polar surface area (TPSA) is 58.4 Å². The maximum absolute atomic E-state index is 10.6. The summed E-state index contributed by atoms with van der Waals surface area (Å²) >= 11 is 0. The van der Waals surface area contributed by atoms with Gasteiger partial charge in [-0.25, -0.2) is 0 Å². The Morgan fingerprint density at radius 1 is 1.30 bits per heavy atom. The Balaban J connectivity index is 1.64. The second-order valence-electron chi connectivity index (χ2n) is 5.64. The maximum Gasteiger partial charge on any atom is 0.269 e. The van der Waals surface area contributed by atoms with E-state index in [1.54, 1.807) is 12.1 Å². The minimum absolute atomic E-state index is 0.153. The van der Waals surface area contributed by atoms with Crippen molar-refractivity contribution in [3.63, 3.8) is 0 Å². The SMILES string of the molecule is CN1CCC(CCNCc2ccc([N+](=O)[O-])cc2)CC1. The van der Waals surface area contributed by atoms with Gasteiger partial charge in [0, 0.05) is 18.7 Å². The molecule has 1 aliphatic rings. The predicted octanol–water partition coefficient (Wildman–Crippen LogP) is 2.42. The molecule has 5 nitrogen and oxygen atoms in total. The molecule has 0 aromatic heterocycles. The maximum atomic E-state index is 10.6. The molecule has 1 N–H and O–H groups in total. The molecule has 0 atom stereocenters. The molecule has 0 aliphatic carbocycles. The second-order valence-corrected chi connectivity index (χ2v) is 5.64. The van der Waals surface area contributed by atoms with E-state index in [4.69, 9.17) is 0 Å². The van der Waals surface area contributed by atoms with E-state index in [-0.39, 0.29) is 10.6 Å². The Kier molecular flexibility index (Phi) is 5.49. The molecule has 2 rings (SSSR count). The van der Waals surface area contributed by atoms with Crippen LogP contribution in [0.15, 0.2) is 24.3 Å². The molecule has 0 amide bonds. The van der Waals surface area contributed by atoms with E-state index >= 15 is 0 Å². The number of likely N-dealkylation sites (tertiary alicyclic amines) is 1. The number of nitro benzene ring substituents is 1. The van der Waals surface area contributed by atoms with Crippen LogP contribution in [0.5, 0.6) is 0 Å². The number of rotatable bonds is 6. The molecule has 1 aromatic carbocycles. The fourth-order valence-corrected chi connectivity index (χ4v) is 2.63. The van der Waals surface area contributed by atoms with Crippen LogP contribution < -0.4 is 5.32 Å². The first-order chi connectivity index (χ1) is 9.65. The zero-order chi connectivity index (χ0) is 14.4. The van der Waals surface area contributed by atoms with Gasteiger partial charge < -0.3 is 10.2 Å². The van der Waals surface area contributed by atoms with E-state index in [1.807, 2.05) is 12.1 Å². The molecule has 1 heterocycles. The third kappa shape index (κ3) is 4.58. The van der Waals surface area contributed by atoms with Gasteiger partial charge in [-0.2, -0.15) is 0 Å². The van der Waals surface area contributed by atoms with Crippen LogP contribution in [-0.4, -0.2) is 36.5 Å². The Labute approximate surface area is 120 Å². The number of nitro groups is 1. The Hall–Kier alpha value is -1.46. The van der Waals surface area contributed by atoms with Gasteiger partial charge in [0.2, 0.25) is 0 Å². The van der Waals surface area contributed by atoms with E-state index in [0.717, 1.165) is 24.6 Å². The molecule has 0 saturated carbocycles. The van der Waals surface area contributed by atoms with Gasteiger partial charge in [0.15, 0.2) is 0 Å². The smallest absolute Gasteiger partial charge is 0.269 e. The molecular formula is C15H23N3O2. The number of non-ortho nitro benzene ring substituents is 1. The molecular weight excluding hydrogens is 254 g/mol. The highest BCUT2D eigenvalue weighted by molar-refractivity contribution is 5.32. The molecule has 110 valence electrons. The van der Waals surface area contributed by atoms with Crippen LogP contribution in [0.25, 0.3) is 0 Å². The number of nitrogens with one attached hydrogen (secondary N) is 1. The first kappa shape index (κ1) is 14.9. The van der Waals surface area contributed by atoms with Crippen LogP contribution in [-0.2, 0) is 6.54 Å². The molecule has 20 heavy (non-hydrogen) atoms. The fraction of sp³-hybridized carbons (Fsp3) is 0.600. The third-order valence-corrected chi connectivity index (χ3v) is 4.04. The van der Waals surface area contributed by atoms with Gasteiger partial charge in [0.1, 0.15) is 0 Å². The summed E-state index contributed by atoms with van der Waals surface area (Å²) in [4.78, 5) is 12.6. The van der Waals surface area contributed by atoms with Crippen molar-refractivity contribution in [1.29, 1.82) is 0 Å². The predicted molar refractivity (Wildman–Crippen MR) is 79.6 cm³/mol. The molecule has 1 fully saturated rings. The van der Waals surface area contributed by atoms with Crippen LogP contribution in [0, 0.1) is 16.0 Å². The van der Waals surface area contributed by atoms with Gasteiger partial charge >= 0.3 is 0 Å². The standard InChI is InChI=1S/C15H23N3O2/c1-17-10-7-13(8-11-17)6-9-16-12-14-2-4-15(5-3-14)18(19)20/h2-5,13,16H,6-12H2,1H3. The van der Waals surface area contributed by atoms with Crippen molar-refractivity contribution in [2.24, 2.45) is 5.92 Å². The first-order valence-electron chi connectivity index (χ1n) is 7.28. The number of hydrogen-bond acceptors (Lipinski definition) is 4. The summed E-state index contributed by atoms with van der Waals surface area (Å²) in [6.07, 6.45) is 3.83. The average molecular weight is 277 g/mol. The Morgan fingerprint density at radius 3 is 2.55 bits per heavy atom. The Bertz CT molecular complexity index is 425. The van der Waals surface area contributed by atoms with Crippen LogP contribution in [0.4, 0.5) is 5.69 Å². The molecule has 0 bridgehead atoms. The summed E-state index contributed by atoms with van der Waals surface area (Å²) in [6, 6.07) is 6.77. The largest absolute Gasteiger partial charge is 0.313 e. The van der Waals surface area contributed by atoms with E-state index in [9.17, 15) is 10.1 Å². The van der Waals surface area contributed by atoms with Crippen molar-refractivity contribution in [3.05, 3.63) is 39.9 Å². The van der Waals surface area contributed by atoms with Crippen molar-refractivity contribution >= 4 is 5.69 Å². The van der Waals surface area contributed by atoms with Crippen LogP contribution >= 0.6 is 0 Å². The van der Waals surface area contributed by atoms with Gasteiger partial charge in [0.05, 0.1) is 4.92 Å². The van der Waals surface area contributed by atoms with Gasteiger partial charge in [-0.3, -0.25) is 10.1 Å². The lowest BCUT2D eigenvalue weighted by Crippen LogP contribution is -2.31. The van der Waals surface area contributed by atoms with E-state index < -0.39 is 0 Å². The van der Waals surface area contributed by atoms with Gasteiger partial charge in [-0.1, -0.05) is 12.1 Å². The van der Waals surface area contributed by atoms with E-state index in [1.165, 1.54) is 32.4 Å². The summed E-state index contributed by atoms with van der Waals surface area (Å²) in [5, 5.41) is 14.0. The molecule has 1 saturated heterocycles. The fourth-order valence-electron chi connectivity index (χ4n) is 2.63. The van der Waals surface area contributed by atoms with Crippen molar-refractivity contribution in [2.75, 3.05) is 26.7 Å². The van der Waals surface area contributed by atoms with E-state index in [0.29, 0.717) is 0 Å². The van der Waals surface area contributed by atoms with Crippen LogP contribution in [0.3, 0.4) is 0 Å². The third-order valence-electron chi connectivity index (χ3n) is 4.04. The molecule has 0 unspecified atom stereocenters. The zero-order valence-electron chi connectivity index (χ0n) is 12.0. The highest BCUT2D eigenvalue weighted by Gasteiger charge is 2.15. The summed E-state index contributed by atoms with van der Waals surface area (Å²) in [5.41, 5.74) is 1.25.